The Kier molecular flexibility index (Phi) is 2.54. The van der Waals surface area contributed by atoms with Crippen LogP contribution in [-0.2, 0) is 0 Å². The number of nitrogens with zero attached hydrogens (tertiary/aromatic N) is 1. The van der Waals surface area contributed by atoms with Gasteiger partial charge in [0.05, 0.1) is 6.04 Å². The molecule has 0 amide bonds. The Morgan fingerprint density at radius 3 is 3.00 bits per heavy atom. The van der Waals surface area contributed by atoms with E-state index in [9.17, 15) is 0 Å². The van der Waals surface area contributed by atoms with Crippen molar-refractivity contribution in [1.29, 1.82) is 0 Å². The molecule has 1 saturated carbocycles. The molecule has 1 atom stereocenters. The lowest BCUT2D eigenvalue weighted by Gasteiger charge is -2.22. The molecule has 1 aliphatic heterocycles. The number of thioether (sulfide) groups is 1. The SMILES string of the molecule is CCC1CCSC(NC2(C)CC2)=N1. The van der Waals surface area contributed by atoms with Crippen LogP contribution in [0.1, 0.15) is 39.5 Å². The van der Waals surface area contributed by atoms with E-state index in [1.54, 1.807) is 0 Å². The van der Waals surface area contributed by atoms with Crippen LogP contribution in [-0.4, -0.2) is 22.5 Å². The summed E-state index contributed by atoms with van der Waals surface area (Å²) in [6, 6.07) is 0.575. The van der Waals surface area contributed by atoms with Crippen molar-refractivity contribution in [2.24, 2.45) is 4.99 Å². The van der Waals surface area contributed by atoms with Crippen molar-refractivity contribution in [2.45, 2.75) is 51.1 Å². The predicted molar refractivity (Wildman–Crippen MR) is 59.4 cm³/mol. The number of amidine groups is 1. The minimum absolute atomic E-state index is 0.390. The smallest absolute Gasteiger partial charge is 0.157 e. The van der Waals surface area contributed by atoms with Gasteiger partial charge >= 0.3 is 0 Å². The Morgan fingerprint density at radius 2 is 2.38 bits per heavy atom. The highest BCUT2D eigenvalue weighted by molar-refractivity contribution is 8.13. The first-order chi connectivity index (χ1) is 6.22. The van der Waals surface area contributed by atoms with Gasteiger partial charge in [-0.15, -0.1) is 0 Å². The van der Waals surface area contributed by atoms with Gasteiger partial charge in [0.15, 0.2) is 5.17 Å². The Labute approximate surface area is 84.6 Å². The molecular weight excluding hydrogens is 180 g/mol. The summed E-state index contributed by atoms with van der Waals surface area (Å²) in [6.45, 7) is 4.51. The summed E-state index contributed by atoms with van der Waals surface area (Å²) in [6.07, 6.45) is 5.05. The molecule has 3 heteroatoms. The molecule has 0 saturated heterocycles. The number of rotatable bonds is 2. The topological polar surface area (TPSA) is 24.4 Å². The average molecular weight is 198 g/mol. The van der Waals surface area contributed by atoms with Gasteiger partial charge in [0.25, 0.3) is 0 Å². The minimum Gasteiger partial charge on any atom is -0.360 e. The number of hydrogen-bond acceptors (Lipinski definition) is 3. The summed E-state index contributed by atoms with van der Waals surface area (Å²) in [5.41, 5.74) is 0.390. The third-order valence-electron chi connectivity index (χ3n) is 2.87. The molecule has 0 aromatic carbocycles. The number of nitrogens with one attached hydrogen (secondary N) is 1. The molecule has 0 aromatic heterocycles. The van der Waals surface area contributed by atoms with Crippen LogP contribution in [0.5, 0.6) is 0 Å². The Morgan fingerprint density at radius 1 is 1.62 bits per heavy atom. The zero-order chi connectivity index (χ0) is 9.31. The van der Waals surface area contributed by atoms with Crippen LogP contribution >= 0.6 is 11.8 Å². The van der Waals surface area contributed by atoms with E-state index >= 15 is 0 Å². The summed E-state index contributed by atoms with van der Waals surface area (Å²) in [4.78, 5) is 4.69. The van der Waals surface area contributed by atoms with Gasteiger partial charge in [0.1, 0.15) is 0 Å². The molecule has 2 rings (SSSR count). The molecule has 1 unspecified atom stereocenters. The molecule has 1 N–H and O–H groups in total. The summed E-state index contributed by atoms with van der Waals surface area (Å²) in [7, 11) is 0. The lowest BCUT2D eigenvalue weighted by molar-refractivity contribution is 0.614. The fraction of sp³-hybridized carbons (Fsp3) is 0.900. The number of hydrogen-bond donors (Lipinski definition) is 1. The maximum absolute atomic E-state index is 4.69. The molecular formula is C10H18N2S. The molecule has 13 heavy (non-hydrogen) atoms. The van der Waals surface area contributed by atoms with Gasteiger partial charge in [-0.1, -0.05) is 18.7 Å². The van der Waals surface area contributed by atoms with Crippen molar-refractivity contribution in [3.63, 3.8) is 0 Å². The molecule has 74 valence electrons. The lowest BCUT2D eigenvalue weighted by Crippen LogP contribution is -2.35. The van der Waals surface area contributed by atoms with Crippen LogP contribution in [0, 0.1) is 0 Å². The minimum atomic E-state index is 0.390. The highest BCUT2D eigenvalue weighted by Gasteiger charge is 2.38. The maximum atomic E-state index is 4.69. The number of aliphatic imine (C=N–C) groups is 1. The van der Waals surface area contributed by atoms with Crippen molar-refractivity contribution in [3.8, 4) is 0 Å². The maximum Gasteiger partial charge on any atom is 0.157 e. The van der Waals surface area contributed by atoms with Crippen molar-refractivity contribution in [3.05, 3.63) is 0 Å². The molecule has 1 heterocycles. The van der Waals surface area contributed by atoms with Gasteiger partial charge in [-0.3, -0.25) is 4.99 Å². The molecule has 2 aliphatic rings. The Bertz CT molecular complexity index is 221. The van der Waals surface area contributed by atoms with Crippen LogP contribution in [0.4, 0.5) is 0 Å². The average Bonchev–Trinajstić information content (AvgIpc) is 2.84. The van der Waals surface area contributed by atoms with Gasteiger partial charge in [0, 0.05) is 11.3 Å². The van der Waals surface area contributed by atoms with E-state index in [2.05, 4.69) is 19.2 Å². The molecule has 0 aromatic rings. The highest BCUT2D eigenvalue weighted by atomic mass is 32.2. The van der Waals surface area contributed by atoms with Gasteiger partial charge in [-0.25, -0.2) is 0 Å². The second kappa shape index (κ2) is 3.52. The predicted octanol–water partition coefficient (Wildman–Crippen LogP) is 2.40. The fourth-order valence-electron chi connectivity index (χ4n) is 1.49. The second-order valence-corrected chi connectivity index (χ2v) is 5.40. The van der Waals surface area contributed by atoms with Gasteiger partial charge in [-0.05, 0) is 32.6 Å². The van der Waals surface area contributed by atoms with E-state index in [1.807, 2.05) is 11.8 Å². The van der Waals surface area contributed by atoms with Gasteiger partial charge < -0.3 is 5.32 Å². The summed E-state index contributed by atoms with van der Waals surface area (Å²) < 4.78 is 0. The zero-order valence-electron chi connectivity index (χ0n) is 8.47. The van der Waals surface area contributed by atoms with E-state index < -0.39 is 0 Å². The standard InChI is InChI=1S/C10H18N2S/c1-3-8-4-7-13-9(11-8)12-10(2)5-6-10/h8H,3-7H2,1-2H3,(H,11,12). The van der Waals surface area contributed by atoms with Crippen LogP contribution in [0.25, 0.3) is 0 Å². The van der Waals surface area contributed by atoms with E-state index in [4.69, 9.17) is 4.99 Å². The van der Waals surface area contributed by atoms with Crippen LogP contribution in [0.3, 0.4) is 0 Å². The highest BCUT2D eigenvalue weighted by Crippen LogP contribution is 2.35. The summed E-state index contributed by atoms with van der Waals surface area (Å²) in [5.74, 6) is 1.24. The van der Waals surface area contributed by atoms with Crippen LogP contribution in [0.15, 0.2) is 4.99 Å². The van der Waals surface area contributed by atoms with Crippen molar-refractivity contribution < 1.29 is 0 Å². The fourth-order valence-corrected chi connectivity index (χ4v) is 2.62. The molecule has 0 spiro atoms. The van der Waals surface area contributed by atoms with E-state index in [-0.39, 0.29) is 0 Å². The molecule has 1 fully saturated rings. The van der Waals surface area contributed by atoms with E-state index in [0.29, 0.717) is 11.6 Å². The largest absolute Gasteiger partial charge is 0.360 e. The first kappa shape index (κ1) is 9.38. The van der Waals surface area contributed by atoms with Crippen molar-refractivity contribution in [1.82, 2.24) is 5.32 Å². The summed E-state index contributed by atoms with van der Waals surface area (Å²) in [5, 5.41) is 4.74. The second-order valence-electron chi connectivity index (χ2n) is 4.32. The van der Waals surface area contributed by atoms with Crippen LogP contribution in [0.2, 0.25) is 0 Å². The third-order valence-corrected chi connectivity index (χ3v) is 3.79. The van der Waals surface area contributed by atoms with Crippen LogP contribution < -0.4 is 5.32 Å². The van der Waals surface area contributed by atoms with Gasteiger partial charge in [-0.2, -0.15) is 0 Å². The molecule has 0 bridgehead atoms. The lowest BCUT2D eigenvalue weighted by atomic mass is 10.2. The molecule has 1 aliphatic carbocycles. The first-order valence-corrected chi connectivity index (χ1v) is 6.19. The molecule has 2 nitrogen and oxygen atoms in total. The van der Waals surface area contributed by atoms with E-state index in [1.165, 1.54) is 36.6 Å². The van der Waals surface area contributed by atoms with Gasteiger partial charge in [0.2, 0.25) is 0 Å². The Balaban J connectivity index is 1.93. The van der Waals surface area contributed by atoms with Crippen molar-refractivity contribution in [2.75, 3.05) is 5.75 Å². The van der Waals surface area contributed by atoms with E-state index in [0.717, 1.165) is 0 Å². The van der Waals surface area contributed by atoms with Crippen molar-refractivity contribution >= 4 is 16.9 Å². The quantitative estimate of drug-likeness (QED) is 0.737. The Hall–Kier alpha value is -0.180. The monoisotopic (exact) mass is 198 g/mol. The summed E-state index contributed by atoms with van der Waals surface area (Å²) >= 11 is 1.89. The molecule has 0 radical (unpaired) electrons. The normalized spacial score (nSPS) is 30.9. The first-order valence-electron chi connectivity index (χ1n) is 5.21. The zero-order valence-corrected chi connectivity index (χ0v) is 9.28. The third kappa shape index (κ3) is 2.39.